The van der Waals surface area contributed by atoms with Gasteiger partial charge in [0.15, 0.2) is 11.5 Å². The van der Waals surface area contributed by atoms with Gasteiger partial charge in [-0.3, -0.25) is 4.79 Å². The Bertz CT molecular complexity index is 753. The van der Waals surface area contributed by atoms with Gasteiger partial charge in [0.05, 0.1) is 22.9 Å². The summed E-state index contributed by atoms with van der Waals surface area (Å²) >= 11 is 9.06. The highest BCUT2D eigenvalue weighted by Gasteiger charge is 2.10. The first kappa shape index (κ1) is 17.2. The van der Waals surface area contributed by atoms with Gasteiger partial charge in [0.2, 0.25) is 0 Å². The summed E-state index contributed by atoms with van der Waals surface area (Å²) in [5.74, 6) is -0.137. The van der Waals surface area contributed by atoms with Gasteiger partial charge in [-0.05, 0) is 52.7 Å². The molecule has 0 spiro atoms. The Balaban J connectivity index is 2.12. The molecule has 0 aliphatic carbocycles. The molecule has 2 rings (SSSR count). The summed E-state index contributed by atoms with van der Waals surface area (Å²) in [6.07, 6.45) is 2.92. The summed E-state index contributed by atoms with van der Waals surface area (Å²) in [4.78, 5) is 15.7. The molecule has 2 N–H and O–H groups in total. The number of pyridine rings is 1. The zero-order valence-electron chi connectivity index (χ0n) is 12.1. The number of carbonyl (C=O) groups excluding carboxylic acids is 1. The SMILES string of the molecule is CCOc1cc(C=NNC(=O)c2cccnc2Cl)cc(Br)c1O. The van der Waals surface area contributed by atoms with Gasteiger partial charge in [0, 0.05) is 6.20 Å². The molecule has 0 fully saturated rings. The number of phenolic OH excluding ortho intramolecular Hbond substituents is 1. The highest BCUT2D eigenvalue weighted by Crippen LogP contribution is 2.35. The Hall–Kier alpha value is -2.12. The quantitative estimate of drug-likeness (QED) is 0.459. The van der Waals surface area contributed by atoms with Gasteiger partial charge in [-0.2, -0.15) is 5.10 Å². The number of rotatable bonds is 5. The van der Waals surface area contributed by atoms with Gasteiger partial charge in [-0.25, -0.2) is 10.4 Å². The van der Waals surface area contributed by atoms with Crippen molar-refractivity contribution in [3.63, 3.8) is 0 Å². The lowest BCUT2D eigenvalue weighted by molar-refractivity contribution is 0.0955. The topological polar surface area (TPSA) is 83.8 Å². The zero-order valence-corrected chi connectivity index (χ0v) is 14.4. The fourth-order valence-corrected chi connectivity index (χ4v) is 2.38. The van der Waals surface area contributed by atoms with Crippen LogP contribution in [0.2, 0.25) is 5.15 Å². The van der Waals surface area contributed by atoms with Gasteiger partial charge in [0.1, 0.15) is 5.15 Å². The van der Waals surface area contributed by atoms with Crippen LogP contribution in [0.4, 0.5) is 0 Å². The van der Waals surface area contributed by atoms with Crippen molar-refractivity contribution in [2.75, 3.05) is 6.61 Å². The molecule has 0 saturated heterocycles. The number of hydrazone groups is 1. The minimum absolute atomic E-state index is 0.00942. The lowest BCUT2D eigenvalue weighted by atomic mass is 10.2. The third kappa shape index (κ3) is 4.43. The number of halogens is 2. The molecule has 120 valence electrons. The Morgan fingerprint density at radius 2 is 2.35 bits per heavy atom. The van der Waals surface area contributed by atoms with E-state index in [0.717, 1.165) is 0 Å². The average Bonchev–Trinajstić information content (AvgIpc) is 2.52. The van der Waals surface area contributed by atoms with Crippen molar-refractivity contribution in [2.24, 2.45) is 5.10 Å². The molecule has 8 heteroatoms. The first-order chi connectivity index (χ1) is 11.0. The summed E-state index contributed by atoms with van der Waals surface area (Å²) < 4.78 is 5.78. The minimum Gasteiger partial charge on any atom is -0.503 e. The number of ether oxygens (including phenoxy) is 1. The minimum atomic E-state index is -0.470. The van der Waals surface area contributed by atoms with Crippen molar-refractivity contribution >= 4 is 39.7 Å². The molecule has 0 saturated carbocycles. The van der Waals surface area contributed by atoms with E-state index in [4.69, 9.17) is 16.3 Å². The zero-order chi connectivity index (χ0) is 16.8. The highest BCUT2D eigenvalue weighted by atomic mass is 79.9. The van der Waals surface area contributed by atoms with E-state index < -0.39 is 5.91 Å². The van der Waals surface area contributed by atoms with E-state index in [1.54, 1.807) is 24.3 Å². The Labute approximate surface area is 146 Å². The largest absolute Gasteiger partial charge is 0.503 e. The van der Waals surface area contributed by atoms with E-state index in [9.17, 15) is 9.90 Å². The van der Waals surface area contributed by atoms with Gasteiger partial charge in [-0.15, -0.1) is 0 Å². The lowest BCUT2D eigenvalue weighted by Gasteiger charge is -2.08. The van der Waals surface area contributed by atoms with Gasteiger partial charge >= 0.3 is 0 Å². The fraction of sp³-hybridized carbons (Fsp3) is 0.133. The third-order valence-corrected chi connectivity index (χ3v) is 3.64. The number of benzene rings is 1. The molecule has 0 bridgehead atoms. The Morgan fingerprint density at radius 3 is 3.04 bits per heavy atom. The van der Waals surface area contributed by atoms with Crippen LogP contribution in [-0.4, -0.2) is 28.8 Å². The first-order valence-electron chi connectivity index (χ1n) is 6.62. The molecule has 0 atom stereocenters. The predicted molar refractivity (Wildman–Crippen MR) is 91.3 cm³/mol. The average molecular weight is 399 g/mol. The van der Waals surface area contributed by atoms with Gasteiger partial charge in [0.25, 0.3) is 5.91 Å². The maximum absolute atomic E-state index is 11.9. The van der Waals surface area contributed by atoms with Crippen molar-refractivity contribution in [1.82, 2.24) is 10.4 Å². The van der Waals surface area contributed by atoms with E-state index in [0.29, 0.717) is 22.4 Å². The number of aromatic nitrogens is 1. The van der Waals surface area contributed by atoms with Crippen molar-refractivity contribution in [3.05, 3.63) is 51.2 Å². The smallest absolute Gasteiger partial charge is 0.274 e. The second-order valence-corrected chi connectivity index (χ2v) is 5.54. The van der Waals surface area contributed by atoms with Crippen LogP contribution in [0.3, 0.4) is 0 Å². The number of amides is 1. The van der Waals surface area contributed by atoms with E-state index >= 15 is 0 Å². The maximum Gasteiger partial charge on any atom is 0.274 e. The normalized spacial score (nSPS) is 10.7. The summed E-state index contributed by atoms with van der Waals surface area (Å²) in [5, 5.41) is 13.8. The van der Waals surface area contributed by atoms with Crippen molar-refractivity contribution in [1.29, 1.82) is 0 Å². The van der Waals surface area contributed by atoms with Crippen LogP contribution in [0, 0.1) is 0 Å². The molecule has 1 amide bonds. The molecule has 6 nitrogen and oxygen atoms in total. The molecule has 0 aliphatic heterocycles. The summed E-state index contributed by atoms with van der Waals surface area (Å²) in [6.45, 7) is 2.23. The molecule has 1 heterocycles. The van der Waals surface area contributed by atoms with Crippen LogP contribution in [-0.2, 0) is 0 Å². The number of hydrogen-bond donors (Lipinski definition) is 2. The van der Waals surface area contributed by atoms with Crippen molar-refractivity contribution in [2.45, 2.75) is 6.92 Å². The van der Waals surface area contributed by atoms with Crippen molar-refractivity contribution in [3.8, 4) is 11.5 Å². The molecule has 0 aliphatic rings. The first-order valence-corrected chi connectivity index (χ1v) is 7.79. The Morgan fingerprint density at radius 1 is 1.57 bits per heavy atom. The predicted octanol–water partition coefficient (Wildman–Crippen LogP) is 3.37. The van der Waals surface area contributed by atoms with E-state index in [2.05, 4.69) is 31.4 Å². The van der Waals surface area contributed by atoms with E-state index in [-0.39, 0.29) is 16.5 Å². The number of aromatic hydroxyl groups is 1. The second-order valence-electron chi connectivity index (χ2n) is 4.32. The molecule has 0 unspecified atom stereocenters. The molecule has 23 heavy (non-hydrogen) atoms. The third-order valence-electron chi connectivity index (χ3n) is 2.73. The summed E-state index contributed by atoms with van der Waals surface area (Å²) in [7, 11) is 0. The number of nitrogens with one attached hydrogen (secondary N) is 1. The van der Waals surface area contributed by atoms with Crippen LogP contribution in [0.5, 0.6) is 11.5 Å². The highest BCUT2D eigenvalue weighted by molar-refractivity contribution is 9.10. The Kier molecular flexibility index (Phi) is 5.95. The van der Waals surface area contributed by atoms with E-state index in [1.807, 2.05) is 6.92 Å². The standard InChI is InChI=1S/C15H13BrClN3O3/c1-2-23-12-7-9(6-11(16)13(12)21)8-19-20-15(22)10-4-3-5-18-14(10)17/h3-8,21H,2H2,1H3,(H,20,22). The van der Waals surface area contributed by atoms with Gasteiger partial charge in [-0.1, -0.05) is 11.6 Å². The lowest BCUT2D eigenvalue weighted by Crippen LogP contribution is -2.18. The monoisotopic (exact) mass is 397 g/mol. The number of nitrogens with zero attached hydrogens (tertiary/aromatic N) is 2. The molecule has 1 aromatic heterocycles. The van der Waals surface area contributed by atoms with Crippen LogP contribution in [0.15, 0.2) is 40.0 Å². The molecular formula is C15H13BrClN3O3. The number of carbonyl (C=O) groups is 1. The van der Waals surface area contributed by atoms with Gasteiger partial charge < -0.3 is 9.84 Å². The maximum atomic E-state index is 11.9. The molecule has 2 aromatic rings. The number of hydrogen-bond acceptors (Lipinski definition) is 5. The van der Waals surface area contributed by atoms with Crippen molar-refractivity contribution < 1.29 is 14.6 Å². The number of phenols is 1. The summed E-state index contributed by atoms with van der Waals surface area (Å²) in [5.41, 5.74) is 3.23. The van der Waals surface area contributed by atoms with Crippen LogP contribution in [0.1, 0.15) is 22.8 Å². The molecule has 0 radical (unpaired) electrons. The second kappa shape index (κ2) is 7.94. The van der Waals surface area contributed by atoms with E-state index in [1.165, 1.54) is 12.4 Å². The van der Waals surface area contributed by atoms with Crippen LogP contribution < -0.4 is 10.2 Å². The molecular weight excluding hydrogens is 386 g/mol. The van der Waals surface area contributed by atoms with Crippen LogP contribution in [0.25, 0.3) is 0 Å². The fourth-order valence-electron chi connectivity index (χ4n) is 1.71. The molecule has 1 aromatic carbocycles. The van der Waals surface area contributed by atoms with Crippen LogP contribution >= 0.6 is 27.5 Å². The summed E-state index contributed by atoms with van der Waals surface area (Å²) in [6, 6.07) is 6.40.